The predicted molar refractivity (Wildman–Crippen MR) is 108 cm³/mol. The summed E-state index contributed by atoms with van der Waals surface area (Å²) < 4.78 is 0. The van der Waals surface area contributed by atoms with E-state index in [2.05, 4.69) is 64.5 Å². The third-order valence-electron chi connectivity index (χ3n) is 5.30. The molecule has 1 fully saturated rings. The van der Waals surface area contributed by atoms with Crippen molar-refractivity contribution in [1.29, 1.82) is 0 Å². The van der Waals surface area contributed by atoms with Gasteiger partial charge in [0.05, 0.1) is 0 Å². The van der Waals surface area contributed by atoms with E-state index >= 15 is 0 Å². The lowest BCUT2D eigenvalue weighted by atomic mass is 10.0. The molecule has 1 aromatic heterocycles. The van der Waals surface area contributed by atoms with Crippen LogP contribution in [0.4, 0.5) is 0 Å². The molecule has 0 aliphatic carbocycles. The van der Waals surface area contributed by atoms with Crippen molar-refractivity contribution in [2.24, 2.45) is 0 Å². The minimum atomic E-state index is 0.0402. The molecule has 0 saturated carbocycles. The molecule has 1 amide bonds. The Morgan fingerprint density at radius 3 is 2.67 bits per heavy atom. The summed E-state index contributed by atoms with van der Waals surface area (Å²) in [4.78, 5) is 17.0. The van der Waals surface area contributed by atoms with E-state index in [9.17, 15) is 4.79 Å². The summed E-state index contributed by atoms with van der Waals surface area (Å²) in [5.74, 6) is 0.0402. The lowest BCUT2D eigenvalue weighted by Gasteiger charge is -2.34. The van der Waals surface area contributed by atoms with Crippen molar-refractivity contribution in [3.05, 3.63) is 65.5 Å². The second-order valence-electron chi connectivity index (χ2n) is 7.24. The van der Waals surface area contributed by atoms with Crippen LogP contribution in [0.1, 0.15) is 35.1 Å². The highest BCUT2D eigenvalue weighted by atomic mass is 16.2. The van der Waals surface area contributed by atoms with Crippen LogP contribution in [0.5, 0.6) is 0 Å². The highest BCUT2D eigenvalue weighted by Crippen LogP contribution is 2.20. The van der Waals surface area contributed by atoms with Crippen LogP contribution in [0.2, 0.25) is 0 Å². The molecule has 0 spiro atoms. The van der Waals surface area contributed by atoms with E-state index in [4.69, 9.17) is 0 Å². The van der Waals surface area contributed by atoms with Crippen molar-refractivity contribution in [3.8, 4) is 0 Å². The normalized spacial score (nSPS) is 15.4. The molecule has 1 N–H and O–H groups in total. The van der Waals surface area contributed by atoms with E-state index in [1.807, 2.05) is 11.0 Å². The average molecular weight is 362 g/mol. The topological polar surface area (TPSA) is 52.2 Å². The van der Waals surface area contributed by atoms with Gasteiger partial charge in [-0.2, -0.15) is 5.10 Å². The Morgan fingerprint density at radius 2 is 1.85 bits per heavy atom. The Kier molecular flexibility index (Phi) is 5.21. The lowest BCUT2D eigenvalue weighted by molar-refractivity contribution is 0.0623. The van der Waals surface area contributed by atoms with E-state index < -0.39 is 0 Å². The van der Waals surface area contributed by atoms with Gasteiger partial charge in [0.15, 0.2) is 0 Å². The molecular weight excluding hydrogens is 336 g/mol. The third-order valence-corrected chi connectivity index (χ3v) is 5.30. The molecule has 1 aliphatic heterocycles. The fourth-order valence-electron chi connectivity index (χ4n) is 3.81. The first kappa shape index (κ1) is 17.7. The summed E-state index contributed by atoms with van der Waals surface area (Å²) in [7, 11) is 0. The molecule has 2 heterocycles. The summed E-state index contributed by atoms with van der Waals surface area (Å²) in [6, 6.07) is 16.9. The van der Waals surface area contributed by atoms with Crippen molar-refractivity contribution >= 4 is 16.7 Å². The summed E-state index contributed by atoms with van der Waals surface area (Å²) >= 11 is 0. The van der Waals surface area contributed by atoms with Gasteiger partial charge in [0.2, 0.25) is 0 Å². The van der Waals surface area contributed by atoms with Crippen LogP contribution in [-0.4, -0.2) is 52.1 Å². The number of fused-ring (bicyclic) bond motifs is 1. The van der Waals surface area contributed by atoms with E-state index in [1.165, 1.54) is 16.3 Å². The van der Waals surface area contributed by atoms with Gasteiger partial charge in [-0.1, -0.05) is 55.8 Å². The Morgan fingerprint density at radius 1 is 1.07 bits per heavy atom. The maximum Gasteiger partial charge on any atom is 0.274 e. The van der Waals surface area contributed by atoms with Gasteiger partial charge >= 0.3 is 0 Å². The highest BCUT2D eigenvalue weighted by Gasteiger charge is 2.24. The maximum atomic E-state index is 12.7. The van der Waals surface area contributed by atoms with Crippen LogP contribution in [-0.2, 0) is 13.0 Å². The molecule has 0 atom stereocenters. The number of rotatable bonds is 5. The van der Waals surface area contributed by atoms with Crippen LogP contribution in [0.25, 0.3) is 10.8 Å². The molecule has 5 nitrogen and oxygen atoms in total. The van der Waals surface area contributed by atoms with E-state index in [1.54, 1.807) is 0 Å². The smallest absolute Gasteiger partial charge is 0.274 e. The number of benzene rings is 2. The van der Waals surface area contributed by atoms with Gasteiger partial charge in [-0.15, -0.1) is 0 Å². The number of aromatic nitrogens is 2. The second-order valence-corrected chi connectivity index (χ2v) is 7.24. The minimum absolute atomic E-state index is 0.0402. The summed E-state index contributed by atoms with van der Waals surface area (Å²) in [6.07, 6.45) is 1.97. The minimum Gasteiger partial charge on any atom is -0.335 e. The Labute approximate surface area is 160 Å². The number of H-pyrrole nitrogens is 1. The molecule has 0 bridgehead atoms. The van der Waals surface area contributed by atoms with Crippen LogP contribution >= 0.6 is 0 Å². The van der Waals surface area contributed by atoms with Crippen LogP contribution < -0.4 is 0 Å². The molecule has 27 heavy (non-hydrogen) atoms. The van der Waals surface area contributed by atoms with Crippen molar-refractivity contribution in [2.75, 3.05) is 26.2 Å². The fraction of sp³-hybridized carbons (Fsp3) is 0.364. The van der Waals surface area contributed by atoms with Crippen molar-refractivity contribution in [1.82, 2.24) is 20.0 Å². The second kappa shape index (κ2) is 7.92. The largest absolute Gasteiger partial charge is 0.335 e. The molecule has 0 unspecified atom stereocenters. The van der Waals surface area contributed by atoms with E-state index in [0.29, 0.717) is 5.69 Å². The van der Waals surface area contributed by atoms with E-state index in [0.717, 1.165) is 51.3 Å². The van der Waals surface area contributed by atoms with Gasteiger partial charge in [0.1, 0.15) is 5.69 Å². The number of nitrogens with zero attached hydrogens (tertiary/aromatic N) is 3. The van der Waals surface area contributed by atoms with Crippen molar-refractivity contribution in [2.45, 2.75) is 26.3 Å². The molecule has 3 aromatic rings. The highest BCUT2D eigenvalue weighted by molar-refractivity contribution is 5.92. The zero-order valence-electron chi connectivity index (χ0n) is 15.8. The van der Waals surface area contributed by atoms with Crippen molar-refractivity contribution < 1.29 is 4.79 Å². The quantitative estimate of drug-likeness (QED) is 0.756. The van der Waals surface area contributed by atoms with Gasteiger partial charge in [-0.25, -0.2) is 0 Å². The van der Waals surface area contributed by atoms with Gasteiger partial charge < -0.3 is 4.90 Å². The molecule has 0 radical (unpaired) electrons. The Hall–Kier alpha value is -2.66. The number of aromatic amines is 1. The first-order valence-corrected chi connectivity index (χ1v) is 9.77. The number of amides is 1. The molecule has 2 aromatic carbocycles. The van der Waals surface area contributed by atoms with Gasteiger partial charge in [-0.3, -0.25) is 14.8 Å². The number of hydrogen-bond acceptors (Lipinski definition) is 3. The van der Waals surface area contributed by atoms with Gasteiger partial charge in [0.25, 0.3) is 5.91 Å². The zero-order chi connectivity index (χ0) is 18.6. The number of nitrogens with one attached hydrogen (secondary N) is 1. The summed E-state index contributed by atoms with van der Waals surface area (Å²) in [5, 5.41) is 9.78. The standard InChI is InChI=1S/C22H26N4O/c1-2-6-19-15-21(24-23-19)22(27)26-13-11-25(12-14-26)16-18-9-5-8-17-7-3-4-10-20(17)18/h3-5,7-10,15H,2,6,11-14,16H2,1H3,(H,23,24). The summed E-state index contributed by atoms with van der Waals surface area (Å²) in [6.45, 7) is 6.32. The third kappa shape index (κ3) is 3.88. The summed E-state index contributed by atoms with van der Waals surface area (Å²) in [5.41, 5.74) is 2.93. The first-order chi connectivity index (χ1) is 13.2. The van der Waals surface area contributed by atoms with Gasteiger partial charge in [0, 0.05) is 38.4 Å². The fourth-order valence-corrected chi connectivity index (χ4v) is 3.81. The average Bonchev–Trinajstić information content (AvgIpc) is 3.17. The first-order valence-electron chi connectivity index (χ1n) is 9.77. The van der Waals surface area contributed by atoms with Crippen molar-refractivity contribution in [3.63, 3.8) is 0 Å². The number of piperazine rings is 1. The molecule has 1 saturated heterocycles. The predicted octanol–water partition coefficient (Wildman–Crippen LogP) is 3.47. The number of aryl methyl sites for hydroxylation is 1. The zero-order valence-corrected chi connectivity index (χ0v) is 15.8. The monoisotopic (exact) mass is 362 g/mol. The van der Waals surface area contributed by atoms with Gasteiger partial charge in [-0.05, 0) is 28.8 Å². The number of hydrogen-bond donors (Lipinski definition) is 1. The lowest BCUT2D eigenvalue weighted by Crippen LogP contribution is -2.48. The molecule has 1 aliphatic rings. The number of carbonyl (C=O) groups excluding carboxylic acids is 1. The van der Waals surface area contributed by atoms with Crippen LogP contribution in [0, 0.1) is 0 Å². The SMILES string of the molecule is CCCc1cc(C(=O)N2CCN(Cc3cccc4ccccc34)CC2)n[nH]1. The molecule has 140 valence electrons. The molecule has 4 rings (SSSR count). The van der Waals surface area contributed by atoms with Crippen LogP contribution in [0.3, 0.4) is 0 Å². The number of carbonyl (C=O) groups is 1. The Bertz CT molecular complexity index is 919. The van der Waals surface area contributed by atoms with E-state index in [-0.39, 0.29) is 5.91 Å². The molecule has 5 heteroatoms. The maximum absolute atomic E-state index is 12.7. The Balaban J connectivity index is 1.37. The van der Waals surface area contributed by atoms with Crippen LogP contribution in [0.15, 0.2) is 48.5 Å². The molecular formula is C22H26N4O.